The number of aldehydes is 1. The highest BCUT2D eigenvalue weighted by Gasteiger charge is 2.23. The number of aromatic nitrogens is 3. The summed E-state index contributed by atoms with van der Waals surface area (Å²) in [5, 5.41) is 21.3. The Morgan fingerprint density at radius 3 is 2.72 bits per heavy atom. The van der Waals surface area contributed by atoms with E-state index in [2.05, 4.69) is 15.3 Å². The van der Waals surface area contributed by atoms with E-state index in [1.54, 1.807) is 29.8 Å². The molecule has 0 spiro atoms. The van der Waals surface area contributed by atoms with Crippen LogP contribution in [0.4, 0.5) is 5.69 Å². The monoisotopic (exact) mass is 465 g/mol. The van der Waals surface area contributed by atoms with Crippen LogP contribution in [0.25, 0.3) is 10.3 Å². The number of fused-ring (bicyclic) bond motifs is 1. The smallest absolute Gasteiger partial charge is 0.268 e. The summed E-state index contributed by atoms with van der Waals surface area (Å²) in [7, 11) is 1.74. The summed E-state index contributed by atoms with van der Waals surface area (Å²) in [4.78, 5) is 32.7. The number of benzene rings is 1. The van der Waals surface area contributed by atoms with Gasteiger partial charge in [0, 0.05) is 54.6 Å². The molecule has 162 valence electrons. The van der Waals surface area contributed by atoms with Crippen molar-refractivity contribution in [3.8, 4) is 0 Å². The van der Waals surface area contributed by atoms with E-state index in [1.807, 2.05) is 5.38 Å². The van der Waals surface area contributed by atoms with Gasteiger partial charge in [-0.1, -0.05) is 12.1 Å². The van der Waals surface area contributed by atoms with Crippen molar-refractivity contribution < 1.29 is 9.59 Å². The summed E-state index contributed by atoms with van der Waals surface area (Å²) in [6, 6.07) is 5.29. The molecule has 3 heterocycles. The van der Waals surface area contributed by atoms with E-state index in [1.165, 1.54) is 28.9 Å². The number of rotatable bonds is 8. The van der Waals surface area contributed by atoms with Crippen molar-refractivity contribution in [2.75, 3.05) is 5.73 Å². The molecule has 32 heavy (non-hydrogen) atoms. The van der Waals surface area contributed by atoms with Crippen molar-refractivity contribution in [2.24, 2.45) is 7.05 Å². The second kappa shape index (κ2) is 8.81. The molecule has 0 fully saturated rings. The lowest BCUT2D eigenvalue weighted by molar-refractivity contribution is 0.0942. The Balaban J connectivity index is 1.60. The predicted octanol–water partition coefficient (Wildman–Crippen LogP) is 3.00. The Labute approximate surface area is 191 Å². The molecule has 4 rings (SSSR count). The van der Waals surface area contributed by atoms with Gasteiger partial charge in [-0.15, -0.1) is 22.7 Å². The average molecular weight is 466 g/mol. The quantitative estimate of drug-likeness (QED) is 0.179. The maximum atomic E-state index is 13.0. The van der Waals surface area contributed by atoms with Crippen molar-refractivity contribution in [1.29, 1.82) is 10.8 Å². The number of carbonyl (C=O) groups excluding carboxylic acids is 2. The zero-order valence-electron chi connectivity index (χ0n) is 17.0. The van der Waals surface area contributed by atoms with Crippen LogP contribution in [0.2, 0.25) is 0 Å². The minimum Gasteiger partial charge on any atom is -0.398 e. The zero-order valence-corrected chi connectivity index (χ0v) is 18.6. The highest BCUT2D eigenvalue weighted by atomic mass is 32.1. The molecule has 1 aromatic carbocycles. The fraction of sp³-hybridized carbons (Fsp3) is 0.143. The first-order valence-corrected chi connectivity index (χ1v) is 11.2. The average Bonchev–Trinajstić information content (AvgIpc) is 3.47. The second-order valence-corrected chi connectivity index (χ2v) is 8.92. The molecule has 0 unspecified atom stereocenters. The molecule has 0 atom stereocenters. The minimum absolute atomic E-state index is 0.201. The van der Waals surface area contributed by atoms with E-state index in [9.17, 15) is 9.59 Å². The summed E-state index contributed by atoms with van der Waals surface area (Å²) < 4.78 is 2.43. The number of nitrogens with two attached hydrogens (primary N) is 1. The topological polar surface area (TPSA) is 151 Å². The van der Waals surface area contributed by atoms with E-state index in [0.717, 1.165) is 33.5 Å². The Morgan fingerprint density at radius 2 is 2.03 bits per heavy atom. The molecule has 3 aromatic heterocycles. The van der Waals surface area contributed by atoms with Crippen molar-refractivity contribution in [3.63, 3.8) is 0 Å². The Hall–Kier alpha value is -3.70. The van der Waals surface area contributed by atoms with E-state index in [4.69, 9.17) is 16.6 Å². The largest absolute Gasteiger partial charge is 0.398 e. The molecule has 0 radical (unpaired) electrons. The highest BCUT2D eigenvalue weighted by molar-refractivity contribution is 7.19. The number of amides is 1. The van der Waals surface area contributed by atoms with Crippen molar-refractivity contribution in [1.82, 2.24) is 19.9 Å². The summed E-state index contributed by atoms with van der Waals surface area (Å²) >= 11 is 2.69. The molecule has 0 saturated carbocycles. The van der Waals surface area contributed by atoms with Gasteiger partial charge in [-0.25, -0.2) is 9.97 Å². The Kier molecular flexibility index (Phi) is 5.93. The maximum Gasteiger partial charge on any atom is 0.268 e. The zero-order chi connectivity index (χ0) is 22.8. The van der Waals surface area contributed by atoms with Gasteiger partial charge in [-0.2, -0.15) is 0 Å². The molecule has 1 amide bonds. The van der Waals surface area contributed by atoms with Crippen LogP contribution in [-0.4, -0.2) is 39.2 Å². The standard InChI is InChI=1S/C21H19N7O2S2/c1-28-18(21(30)25-8-11-3-2-4-15(24)13(11)6-22)14(7-23)19-20(28)27-16(32-19)5-12-10-31-17(9-29)26-12/h2-4,6-7,9-10,22-23H,5,8,24H2,1H3,(H,25,30). The van der Waals surface area contributed by atoms with Gasteiger partial charge in [0.25, 0.3) is 5.91 Å². The number of hydrogen-bond acceptors (Lipinski definition) is 9. The lowest BCUT2D eigenvalue weighted by atomic mass is 10.1. The van der Waals surface area contributed by atoms with Crippen LogP contribution < -0.4 is 11.1 Å². The first-order chi connectivity index (χ1) is 15.5. The fourth-order valence-corrected chi connectivity index (χ4v) is 5.22. The number of hydrogen-bond donors (Lipinski definition) is 4. The van der Waals surface area contributed by atoms with Gasteiger partial charge in [0.05, 0.1) is 10.4 Å². The third kappa shape index (κ3) is 3.83. The molecule has 9 nitrogen and oxygen atoms in total. The lowest BCUT2D eigenvalue weighted by Crippen LogP contribution is -2.26. The van der Waals surface area contributed by atoms with Crippen LogP contribution >= 0.6 is 22.7 Å². The van der Waals surface area contributed by atoms with E-state index >= 15 is 0 Å². The van der Waals surface area contributed by atoms with Gasteiger partial charge in [0.15, 0.2) is 16.9 Å². The van der Waals surface area contributed by atoms with Gasteiger partial charge in [-0.05, 0) is 11.6 Å². The number of nitrogens with one attached hydrogen (secondary N) is 3. The van der Waals surface area contributed by atoms with Gasteiger partial charge < -0.3 is 26.4 Å². The molecular formula is C21H19N7O2S2. The van der Waals surface area contributed by atoms with Crippen LogP contribution in [0.15, 0.2) is 23.6 Å². The lowest BCUT2D eigenvalue weighted by Gasteiger charge is -2.11. The van der Waals surface area contributed by atoms with Crippen molar-refractivity contribution in [2.45, 2.75) is 13.0 Å². The first kappa shape index (κ1) is 21.5. The van der Waals surface area contributed by atoms with E-state index < -0.39 is 0 Å². The molecular weight excluding hydrogens is 446 g/mol. The van der Waals surface area contributed by atoms with Crippen LogP contribution in [-0.2, 0) is 20.0 Å². The molecule has 0 aliphatic rings. The summed E-state index contributed by atoms with van der Waals surface area (Å²) in [6.07, 6.45) is 3.53. The number of nitrogens with zero attached hydrogens (tertiary/aromatic N) is 3. The molecule has 11 heteroatoms. The number of aryl methyl sites for hydroxylation is 1. The van der Waals surface area contributed by atoms with Crippen LogP contribution in [0.3, 0.4) is 0 Å². The number of anilines is 1. The number of carbonyl (C=O) groups is 2. The second-order valence-electron chi connectivity index (χ2n) is 6.94. The van der Waals surface area contributed by atoms with Crippen LogP contribution in [0.5, 0.6) is 0 Å². The fourth-order valence-electron chi connectivity index (χ4n) is 3.47. The molecule has 0 bridgehead atoms. The molecule has 5 N–H and O–H groups in total. The number of thiazole rings is 2. The maximum absolute atomic E-state index is 13.0. The first-order valence-electron chi connectivity index (χ1n) is 9.51. The molecule has 4 aromatic rings. The third-order valence-corrected chi connectivity index (χ3v) is 6.88. The molecule has 0 aliphatic carbocycles. The number of nitrogen functional groups attached to an aromatic ring is 1. The summed E-state index contributed by atoms with van der Waals surface area (Å²) in [6.45, 7) is 0.201. The normalized spacial score (nSPS) is 10.9. The Bertz CT molecular complexity index is 1370. The van der Waals surface area contributed by atoms with Crippen molar-refractivity contribution >= 4 is 63.3 Å². The minimum atomic E-state index is -0.341. The summed E-state index contributed by atoms with van der Waals surface area (Å²) in [5.74, 6) is -0.341. The van der Waals surface area contributed by atoms with E-state index in [-0.39, 0.29) is 12.5 Å². The van der Waals surface area contributed by atoms with Gasteiger partial charge >= 0.3 is 0 Å². The Morgan fingerprint density at radius 1 is 1.25 bits per heavy atom. The van der Waals surface area contributed by atoms with Gasteiger partial charge in [0.1, 0.15) is 10.7 Å². The summed E-state index contributed by atoms with van der Waals surface area (Å²) in [5.41, 5.74) is 9.90. The van der Waals surface area contributed by atoms with Crippen LogP contribution in [0, 0.1) is 10.8 Å². The highest BCUT2D eigenvalue weighted by Crippen LogP contribution is 2.31. The molecule has 0 aliphatic heterocycles. The third-order valence-electron chi connectivity index (χ3n) is 4.98. The van der Waals surface area contributed by atoms with E-state index in [0.29, 0.717) is 39.6 Å². The van der Waals surface area contributed by atoms with Gasteiger partial charge in [0.2, 0.25) is 0 Å². The molecule has 0 saturated heterocycles. The van der Waals surface area contributed by atoms with Gasteiger partial charge in [-0.3, -0.25) is 9.59 Å². The SMILES string of the molecule is Cn1c(C(=O)NCc2cccc(N)c2C=N)c(C=N)c2sc(Cc3csc(C=O)n3)nc21. The van der Waals surface area contributed by atoms with Crippen molar-refractivity contribution in [3.05, 3.63) is 61.7 Å². The van der Waals surface area contributed by atoms with Crippen LogP contribution in [0.1, 0.15) is 47.7 Å². The predicted molar refractivity (Wildman–Crippen MR) is 127 cm³/mol.